The number of aliphatic imine (C=N–C) groups is 2. The molecule has 0 aliphatic heterocycles. The summed E-state index contributed by atoms with van der Waals surface area (Å²) in [5, 5.41) is 40.9. The SMILES string of the molecule is CC(C)(C)c1cc(C=N[C@H]2CCCC[C@@H]2N=Cc2cc(C(C)(C)C)cc(C(C)(C)C)c2O)c(O)c(C(C)(C)C)c1.O=C(OC(C(=O)O)C(OC(=O)c1ccccc1)C(=O)O)c1ccccc1.[Co]. The minimum atomic E-state index is -2.21. The summed E-state index contributed by atoms with van der Waals surface area (Å²) in [6.07, 6.45) is 3.47. The van der Waals surface area contributed by atoms with E-state index >= 15 is 0 Å². The van der Waals surface area contributed by atoms with Crippen LogP contribution in [0.15, 0.2) is 94.9 Å². The first-order valence-corrected chi connectivity index (χ1v) is 22.4. The van der Waals surface area contributed by atoms with Gasteiger partial charge in [-0.25, -0.2) is 19.2 Å². The molecule has 0 heterocycles. The number of nitrogens with zero attached hydrogens (tertiary/aromatic N) is 2. The number of carboxylic acid groups (broad SMARTS) is 2. The second kappa shape index (κ2) is 22.8. The largest absolute Gasteiger partial charge is 0.507 e. The Morgan fingerprint density at radius 1 is 0.537 bits per heavy atom. The number of carboxylic acids is 2. The summed E-state index contributed by atoms with van der Waals surface area (Å²) in [5.74, 6) is -5.00. The van der Waals surface area contributed by atoms with E-state index in [4.69, 9.17) is 19.5 Å². The van der Waals surface area contributed by atoms with Crippen LogP contribution in [0.25, 0.3) is 0 Å². The van der Waals surface area contributed by atoms with Gasteiger partial charge in [0.15, 0.2) is 0 Å². The van der Waals surface area contributed by atoms with E-state index in [0.717, 1.165) is 47.9 Å². The first-order valence-electron chi connectivity index (χ1n) is 22.4. The summed E-state index contributed by atoms with van der Waals surface area (Å²) in [6, 6.07) is 23.4. The van der Waals surface area contributed by atoms with Crippen LogP contribution in [-0.2, 0) is 57.5 Å². The van der Waals surface area contributed by atoms with Crippen LogP contribution >= 0.6 is 0 Å². The molecule has 4 N–H and O–H groups in total. The summed E-state index contributed by atoms with van der Waals surface area (Å²) in [6.45, 7) is 26.0. The minimum absolute atomic E-state index is 0. The van der Waals surface area contributed by atoms with E-state index in [1.54, 1.807) is 12.1 Å². The number of aromatic hydroxyl groups is 2. The smallest absolute Gasteiger partial charge is 0.349 e. The van der Waals surface area contributed by atoms with Crippen LogP contribution in [-0.4, -0.2) is 81.0 Å². The Labute approximate surface area is 406 Å². The molecule has 13 heteroatoms. The van der Waals surface area contributed by atoms with E-state index in [1.165, 1.54) is 59.7 Å². The second-order valence-electron chi connectivity index (χ2n) is 21.0. The van der Waals surface area contributed by atoms with Crippen LogP contribution in [0.3, 0.4) is 0 Å². The maximum Gasteiger partial charge on any atom is 0.349 e. The maximum absolute atomic E-state index is 12.0. The topological polar surface area (TPSA) is 192 Å². The molecular weight excluding hydrogens is 896 g/mol. The van der Waals surface area contributed by atoms with Crippen molar-refractivity contribution in [2.75, 3.05) is 0 Å². The molecule has 5 rings (SSSR count). The Hall–Kier alpha value is -5.79. The zero-order chi connectivity index (χ0) is 49.4. The zero-order valence-electron chi connectivity index (χ0n) is 40.8. The maximum atomic E-state index is 12.0. The van der Waals surface area contributed by atoms with Gasteiger partial charge in [0.25, 0.3) is 0 Å². The predicted octanol–water partition coefficient (Wildman–Crippen LogP) is 10.7. The van der Waals surface area contributed by atoms with Gasteiger partial charge in [0.05, 0.1) is 23.2 Å². The van der Waals surface area contributed by atoms with E-state index in [9.17, 15) is 39.6 Å². The van der Waals surface area contributed by atoms with Gasteiger partial charge in [-0.2, -0.15) is 0 Å². The Balaban J connectivity index is 0.000000382. The molecule has 1 radical (unpaired) electrons. The van der Waals surface area contributed by atoms with Gasteiger partial charge in [0, 0.05) is 51.5 Å². The summed E-state index contributed by atoms with van der Waals surface area (Å²) in [4.78, 5) is 56.9. The fraction of sp³-hybridized carbons (Fsp3) is 0.444. The molecular formula is C54H68CoN2O10. The number of hydrogen-bond donors (Lipinski definition) is 4. The molecule has 4 atom stereocenters. The Bertz CT molecular complexity index is 2230. The zero-order valence-corrected chi connectivity index (χ0v) is 41.9. The fourth-order valence-electron chi connectivity index (χ4n) is 7.31. The van der Waals surface area contributed by atoms with Crippen molar-refractivity contribution in [1.82, 2.24) is 0 Å². The molecule has 0 spiro atoms. The number of esters is 2. The molecule has 0 saturated heterocycles. The van der Waals surface area contributed by atoms with Gasteiger partial charge in [-0.15, -0.1) is 0 Å². The van der Waals surface area contributed by atoms with E-state index in [1.807, 2.05) is 12.4 Å². The molecule has 363 valence electrons. The Kier molecular flexibility index (Phi) is 18.9. The Morgan fingerprint density at radius 3 is 1.12 bits per heavy atom. The van der Waals surface area contributed by atoms with Gasteiger partial charge in [-0.1, -0.05) is 144 Å². The van der Waals surface area contributed by atoms with Crippen molar-refractivity contribution in [2.45, 2.75) is 155 Å². The molecule has 0 aromatic heterocycles. The van der Waals surface area contributed by atoms with Crippen molar-refractivity contribution in [3.05, 3.63) is 129 Å². The second-order valence-corrected chi connectivity index (χ2v) is 21.0. The van der Waals surface area contributed by atoms with Crippen molar-refractivity contribution in [3.63, 3.8) is 0 Å². The van der Waals surface area contributed by atoms with Gasteiger partial charge >= 0.3 is 23.9 Å². The summed E-state index contributed by atoms with van der Waals surface area (Å²) in [7, 11) is 0. The van der Waals surface area contributed by atoms with Crippen LogP contribution < -0.4 is 0 Å². The molecule has 1 aliphatic carbocycles. The van der Waals surface area contributed by atoms with Gasteiger partial charge in [-0.05, 0) is 82.0 Å². The third-order valence-corrected chi connectivity index (χ3v) is 11.4. The van der Waals surface area contributed by atoms with Crippen molar-refractivity contribution in [1.29, 1.82) is 0 Å². The monoisotopic (exact) mass is 963 g/mol. The van der Waals surface area contributed by atoms with Crippen molar-refractivity contribution >= 4 is 36.3 Å². The van der Waals surface area contributed by atoms with Crippen molar-refractivity contribution in [2.24, 2.45) is 9.98 Å². The van der Waals surface area contributed by atoms with Crippen LogP contribution in [0.4, 0.5) is 0 Å². The van der Waals surface area contributed by atoms with E-state index in [-0.39, 0.29) is 61.6 Å². The number of benzene rings is 4. The number of phenols is 2. The van der Waals surface area contributed by atoms with Gasteiger partial charge in [0.2, 0.25) is 12.2 Å². The van der Waals surface area contributed by atoms with Crippen LogP contribution in [0.2, 0.25) is 0 Å². The molecule has 0 bridgehead atoms. The number of carbonyl (C=O) groups is 4. The molecule has 4 aromatic carbocycles. The first kappa shape index (κ1) is 55.5. The molecule has 1 saturated carbocycles. The van der Waals surface area contributed by atoms with Crippen LogP contribution in [0, 0.1) is 0 Å². The number of aliphatic carboxylic acids is 2. The molecule has 4 aromatic rings. The molecule has 12 nitrogen and oxygen atoms in total. The minimum Gasteiger partial charge on any atom is -0.507 e. The number of hydrogen-bond acceptors (Lipinski definition) is 10. The average molecular weight is 964 g/mol. The number of phenolic OH excluding ortho intramolecular Hbond substituents is 2. The quantitative estimate of drug-likeness (QED) is 0.0830. The standard InChI is InChI=1S/C36H54N2O2.C18H14O8.Co/c1-33(2,3)25-17-23(31(39)27(19-25)35(7,8)9)21-37-29-15-13-14-16-30(29)38-22-24-18-26(34(4,5)6)20-28(32(24)40)36(10,11)12;19-15(20)13(25-17(23)11-7-3-1-4-8-11)14(16(21)22)26-18(24)12-9-5-2-6-10-12;/h17-22,29-30,39-40H,13-16H2,1-12H3;1-10,13-14H,(H,19,20)(H,21,22);/t29-,30-;;/m0../s1. The Morgan fingerprint density at radius 2 is 0.851 bits per heavy atom. The summed E-state index contributed by atoms with van der Waals surface area (Å²) >= 11 is 0. The van der Waals surface area contributed by atoms with Gasteiger partial charge in [-0.3, -0.25) is 9.98 Å². The van der Waals surface area contributed by atoms with Crippen LogP contribution in [0.1, 0.15) is 163 Å². The van der Waals surface area contributed by atoms with E-state index in [0.29, 0.717) is 11.5 Å². The van der Waals surface area contributed by atoms with Crippen LogP contribution in [0.5, 0.6) is 11.5 Å². The van der Waals surface area contributed by atoms with E-state index in [2.05, 4.69) is 107 Å². The van der Waals surface area contributed by atoms with Gasteiger partial charge in [0.1, 0.15) is 11.5 Å². The first-order chi connectivity index (χ1) is 30.6. The molecule has 0 amide bonds. The molecule has 2 unspecified atom stereocenters. The normalized spacial score (nSPS) is 16.5. The number of rotatable bonds is 11. The molecule has 67 heavy (non-hydrogen) atoms. The number of ether oxygens (including phenoxy) is 2. The average Bonchev–Trinajstić information content (AvgIpc) is 3.23. The third-order valence-electron chi connectivity index (χ3n) is 11.4. The summed E-state index contributed by atoms with van der Waals surface area (Å²) < 4.78 is 9.52. The van der Waals surface area contributed by atoms with Crippen molar-refractivity contribution < 1.29 is 65.9 Å². The summed E-state index contributed by atoms with van der Waals surface area (Å²) in [5.41, 5.74) is 5.45. The van der Waals surface area contributed by atoms with Crippen molar-refractivity contribution in [3.8, 4) is 11.5 Å². The van der Waals surface area contributed by atoms with Gasteiger partial charge < -0.3 is 29.9 Å². The van der Waals surface area contributed by atoms with E-state index < -0.39 is 36.1 Å². The molecule has 1 aliphatic rings. The third kappa shape index (κ3) is 15.4. The number of carbonyl (C=O) groups excluding carboxylic acids is 2. The molecule has 1 fully saturated rings. The predicted molar refractivity (Wildman–Crippen MR) is 259 cm³/mol. The fourth-order valence-corrected chi connectivity index (χ4v) is 7.31.